The normalized spacial score (nSPS) is 19.6. The quantitative estimate of drug-likeness (QED) is 0.539. The zero-order valence-electron chi connectivity index (χ0n) is 16.6. The number of aryl methyl sites for hydroxylation is 1. The number of nitrogens with zero attached hydrogens (tertiary/aromatic N) is 5. The van der Waals surface area contributed by atoms with Gasteiger partial charge in [-0.05, 0) is 38.5 Å². The van der Waals surface area contributed by atoms with E-state index < -0.39 is 11.5 Å². The molecule has 0 aliphatic heterocycles. The minimum absolute atomic E-state index is 0.0775. The molecule has 0 atom stereocenters. The molecule has 1 fully saturated rings. The van der Waals surface area contributed by atoms with Crippen LogP contribution in [0, 0.1) is 25.2 Å². The van der Waals surface area contributed by atoms with Gasteiger partial charge in [-0.2, -0.15) is 24.1 Å². The van der Waals surface area contributed by atoms with Crippen molar-refractivity contribution in [2.75, 3.05) is 11.9 Å². The lowest BCUT2D eigenvalue weighted by Crippen LogP contribution is -2.23. The number of aliphatic hydroxyl groups excluding tert-OH is 1. The fourth-order valence-corrected chi connectivity index (χ4v) is 3.26. The Balaban J connectivity index is 1.75. The van der Waals surface area contributed by atoms with Crippen molar-refractivity contribution in [2.24, 2.45) is 5.92 Å². The fourth-order valence-electron chi connectivity index (χ4n) is 3.10. The van der Waals surface area contributed by atoms with E-state index in [0.717, 1.165) is 25.7 Å². The lowest BCUT2D eigenvalue weighted by molar-refractivity contribution is 0.0899. The van der Waals surface area contributed by atoms with Crippen molar-refractivity contribution in [1.82, 2.24) is 19.7 Å². The van der Waals surface area contributed by atoms with E-state index in [2.05, 4.69) is 25.2 Å². The van der Waals surface area contributed by atoms with Crippen molar-refractivity contribution in [2.45, 2.75) is 58.2 Å². The molecule has 0 aromatic carbocycles. The Labute approximate surface area is 173 Å². The van der Waals surface area contributed by atoms with Gasteiger partial charge in [-0.1, -0.05) is 11.6 Å². The maximum Gasteiger partial charge on any atom is 0.319 e. The molecule has 0 amide bonds. The Kier molecular flexibility index (Phi) is 6.24. The number of aliphatic hydroxyl groups is 1. The Morgan fingerprint density at radius 1 is 1.38 bits per heavy atom. The van der Waals surface area contributed by atoms with Crippen LogP contribution in [-0.4, -0.2) is 37.6 Å². The summed E-state index contributed by atoms with van der Waals surface area (Å²) in [6, 6.07) is 0. The zero-order chi connectivity index (χ0) is 21.2. The Hall–Kier alpha value is -2.44. The number of aromatic nitrogens is 4. The summed E-state index contributed by atoms with van der Waals surface area (Å²) in [6.45, 7) is 12.9. The fraction of sp³-hybridized carbons (Fsp3) is 0.579. The van der Waals surface area contributed by atoms with Crippen molar-refractivity contribution in [3.05, 3.63) is 34.3 Å². The van der Waals surface area contributed by atoms with Gasteiger partial charge in [0.05, 0.1) is 30.3 Å². The van der Waals surface area contributed by atoms with Crippen LogP contribution in [-0.2, 0) is 5.66 Å². The molecule has 2 heterocycles. The maximum absolute atomic E-state index is 14.3. The van der Waals surface area contributed by atoms with E-state index in [9.17, 15) is 9.50 Å². The van der Waals surface area contributed by atoms with Crippen LogP contribution in [0.3, 0.4) is 0 Å². The first-order valence-electron chi connectivity index (χ1n) is 9.46. The molecule has 0 spiro atoms. The van der Waals surface area contributed by atoms with Gasteiger partial charge in [-0.15, -0.1) is 0 Å². The van der Waals surface area contributed by atoms with Crippen molar-refractivity contribution in [3.8, 4) is 5.88 Å². The molecule has 0 unspecified atom stereocenters. The summed E-state index contributed by atoms with van der Waals surface area (Å²) in [6.07, 6.45) is 4.49. The molecule has 1 aliphatic carbocycles. The molecule has 29 heavy (non-hydrogen) atoms. The van der Waals surface area contributed by atoms with Gasteiger partial charge in [0.2, 0.25) is 11.8 Å². The first-order valence-corrected chi connectivity index (χ1v) is 9.83. The topological polar surface area (TPSA) is 89.5 Å². The third kappa shape index (κ3) is 4.95. The summed E-state index contributed by atoms with van der Waals surface area (Å²) in [5.74, 6) is -0.715. The summed E-state index contributed by atoms with van der Waals surface area (Å²) in [4.78, 5) is 11.6. The second kappa shape index (κ2) is 8.51. The summed E-state index contributed by atoms with van der Waals surface area (Å²) in [5.41, 5.74) is 0.374. The van der Waals surface area contributed by atoms with Crippen LogP contribution >= 0.6 is 11.6 Å². The van der Waals surface area contributed by atoms with E-state index in [1.54, 1.807) is 27.0 Å². The van der Waals surface area contributed by atoms with Crippen LogP contribution in [0.25, 0.3) is 4.85 Å². The first kappa shape index (κ1) is 21.3. The first-order chi connectivity index (χ1) is 13.7. The molecule has 8 nitrogen and oxygen atoms in total. The predicted molar refractivity (Wildman–Crippen MR) is 107 cm³/mol. The van der Waals surface area contributed by atoms with Crippen LogP contribution in [0.1, 0.15) is 45.2 Å². The number of hydrogen-bond acceptors (Lipinski definition) is 6. The summed E-state index contributed by atoms with van der Waals surface area (Å²) >= 11 is 5.93. The molecule has 1 aliphatic rings. The Morgan fingerprint density at radius 2 is 2.07 bits per heavy atom. The Bertz CT molecular complexity index is 918. The highest BCUT2D eigenvalue weighted by atomic mass is 35.5. The molecule has 2 aromatic rings. The molecule has 0 radical (unpaired) electrons. The third-order valence-electron chi connectivity index (χ3n) is 5.03. The Morgan fingerprint density at radius 3 is 2.72 bits per heavy atom. The van der Waals surface area contributed by atoms with Gasteiger partial charge in [0.25, 0.3) is 5.88 Å². The third-order valence-corrected chi connectivity index (χ3v) is 5.28. The minimum Gasteiger partial charge on any atom is -0.475 e. The van der Waals surface area contributed by atoms with Crippen molar-refractivity contribution >= 4 is 23.2 Å². The SMILES string of the molecule is [C-]#[N+]C(C)(C)n1cc(Nc2nc(Cl)c(F)c(OCC3CCC(O)CC3)n2)c(C)n1. The minimum atomic E-state index is -0.839. The highest BCUT2D eigenvalue weighted by Crippen LogP contribution is 2.29. The number of rotatable bonds is 6. The van der Waals surface area contributed by atoms with Gasteiger partial charge >= 0.3 is 5.66 Å². The molecule has 2 N–H and O–H groups in total. The number of ether oxygens (including phenoxy) is 1. The molecule has 0 bridgehead atoms. The van der Waals surface area contributed by atoms with Crippen LogP contribution in [0.4, 0.5) is 16.0 Å². The number of anilines is 2. The van der Waals surface area contributed by atoms with Gasteiger partial charge in [-0.25, -0.2) is 6.57 Å². The molecule has 3 rings (SSSR count). The highest BCUT2D eigenvalue weighted by Gasteiger charge is 2.28. The summed E-state index contributed by atoms with van der Waals surface area (Å²) in [5, 5.41) is 16.6. The molecule has 0 saturated heterocycles. The largest absolute Gasteiger partial charge is 0.475 e. The average Bonchev–Trinajstić information content (AvgIpc) is 3.06. The smallest absolute Gasteiger partial charge is 0.319 e. The monoisotopic (exact) mass is 422 g/mol. The molecule has 2 aromatic heterocycles. The lowest BCUT2D eigenvalue weighted by atomic mass is 9.88. The van der Waals surface area contributed by atoms with Gasteiger partial charge in [-0.3, -0.25) is 4.85 Å². The van der Waals surface area contributed by atoms with Crippen molar-refractivity contribution in [3.63, 3.8) is 0 Å². The maximum atomic E-state index is 14.3. The number of hydrogen-bond donors (Lipinski definition) is 2. The predicted octanol–water partition coefficient (Wildman–Crippen LogP) is 4.06. The standard InChI is InChI=1S/C19H24ClFN6O2/c1-11-14(9-27(26-11)19(2,3)22-4)23-18-24-16(20)15(21)17(25-18)29-10-12-5-7-13(28)8-6-12/h9,12-13,28H,5-8,10H2,1-3H3,(H,23,24,25). The highest BCUT2D eigenvalue weighted by molar-refractivity contribution is 6.29. The van der Waals surface area contributed by atoms with E-state index in [1.165, 1.54) is 4.68 Å². The van der Waals surface area contributed by atoms with E-state index in [0.29, 0.717) is 18.0 Å². The van der Waals surface area contributed by atoms with E-state index in [-0.39, 0.29) is 29.0 Å². The van der Waals surface area contributed by atoms with Crippen LogP contribution in [0.2, 0.25) is 5.15 Å². The number of nitrogens with one attached hydrogen (secondary N) is 1. The lowest BCUT2D eigenvalue weighted by Gasteiger charge is -2.25. The van der Waals surface area contributed by atoms with E-state index >= 15 is 0 Å². The zero-order valence-corrected chi connectivity index (χ0v) is 17.4. The second-order valence-electron chi connectivity index (χ2n) is 7.75. The number of halogens is 2. The van der Waals surface area contributed by atoms with E-state index in [1.807, 2.05) is 0 Å². The van der Waals surface area contributed by atoms with Crippen LogP contribution < -0.4 is 10.1 Å². The molecule has 10 heteroatoms. The molecular formula is C19H24ClFN6O2. The second-order valence-corrected chi connectivity index (χ2v) is 8.10. The van der Waals surface area contributed by atoms with Crippen molar-refractivity contribution < 1.29 is 14.2 Å². The van der Waals surface area contributed by atoms with Gasteiger partial charge in [0, 0.05) is 13.8 Å². The molecule has 156 valence electrons. The average molecular weight is 423 g/mol. The molecule has 1 saturated carbocycles. The summed E-state index contributed by atoms with van der Waals surface area (Å²) in [7, 11) is 0. The van der Waals surface area contributed by atoms with E-state index in [4.69, 9.17) is 22.9 Å². The summed E-state index contributed by atoms with van der Waals surface area (Å²) < 4.78 is 21.4. The van der Waals surface area contributed by atoms with Crippen LogP contribution in [0.5, 0.6) is 5.88 Å². The van der Waals surface area contributed by atoms with Crippen molar-refractivity contribution in [1.29, 1.82) is 0 Å². The molecular weight excluding hydrogens is 399 g/mol. The van der Waals surface area contributed by atoms with Gasteiger partial charge in [0.15, 0.2) is 5.15 Å². The van der Waals surface area contributed by atoms with Gasteiger partial charge < -0.3 is 15.2 Å². The van der Waals surface area contributed by atoms with Crippen LogP contribution in [0.15, 0.2) is 6.20 Å². The van der Waals surface area contributed by atoms with Gasteiger partial charge in [0.1, 0.15) is 0 Å².